The maximum absolute atomic E-state index is 14.1. The fraction of sp³-hybridized carbons (Fsp3) is 0.529. The second-order valence-corrected chi connectivity index (χ2v) is 36.3. The number of rotatable bonds is 51. The zero-order valence-electron chi connectivity index (χ0n) is 84.1. The van der Waals surface area contributed by atoms with E-state index in [-0.39, 0.29) is 165 Å². The quantitative estimate of drug-likeness (QED) is 0.0126. The molecule has 0 spiro atoms. The third-order valence-electron chi connectivity index (χ3n) is 21.6. The van der Waals surface area contributed by atoms with E-state index in [2.05, 4.69) is 32.2 Å². The van der Waals surface area contributed by atoms with Crippen molar-refractivity contribution in [3.8, 4) is 0 Å². The molecule has 12 amide bonds. The lowest BCUT2D eigenvalue weighted by Crippen LogP contribution is -2.54. The Bertz CT molecular complexity index is 4950. The van der Waals surface area contributed by atoms with Gasteiger partial charge in [0.05, 0.1) is 36.4 Å². The zero-order valence-corrected chi connectivity index (χ0v) is 84.1. The van der Waals surface area contributed by atoms with Crippen LogP contribution in [0.5, 0.6) is 0 Å². The number of hydrogen-bond acceptors (Lipinski definition) is 18. The molecule has 6 aromatic rings. The second-order valence-electron chi connectivity index (χ2n) is 36.3. The molecule has 6 aromatic carbocycles. The first kappa shape index (κ1) is 119. The van der Waals surface area contributed by atoms with Gasteiger partial charge in [0.15, 0.2) is 0 Å². The molecular weight excluding hydrogens is 1790 g/mol. The molecule has 138 heavy (non-hydrogen) atoms. The molecule has 0 aromatic heterocycles. The number of carbonyl (C=O) groups is 12. The van der Waals surface area contributed by atoms with Crippen LogP contribution in [0.25, 0.3) is 0 Å². The number of likely N-dealkylation sites (N-methyl/N-ethyl adjacent to an activating group) is 1. The SMILES string of the molecule is CCCCN(CC(O)C(Cc1cc(F)cc(F)c1)NC(=O)c1cc(C(=O)N(C)C)cc(C(=O)N(CCC)CCC)c1)NC(=O)C(C)C.CCCN(CC(O)C(Cc1cc(F)cc(F)c1)NC(=O)c1cc(C(=O)N(C)C)cc(C(=O)N(CCC)CCC)c1)NC(=O)C(C)C.CCCN(CCC)C(=O)c1cc(C(=O)NC(Cc2cc(F)cc(F)c2)C(O)CN(C)NC(=O)CC(C)C)cc(C(=O)N(C)C)c1. The van der Waals surface area contributed by atoms with E-state index in [1.165, 1.54) is 74.3 Å². The summed E-state index contributed by atoms with van der Waals surface area (Å²) in [6, 6.07) is 18.3. The van der Waals surface area contributed by atoms with Crippen LogP contribution in [-0.4, -0.2) is 288 Å². The van der Waals surface area contributed by atoms with Crippen LogP contribution in [0.1, 0.15) is 271 Å². The first-order chi connectivity index (χ1) is 65.0. The van der Waals surface area contributed by atoms with Gasteiger partial charge < -0.3 is 60.7 Å². The van der Waals surface area contributed by atoms with E-state index in [0.717, 1.165) is 99.5 Å². The van der Waals surface area contributed by atoms with E-state index in [9.17, 15) is 99.2 Å². The fourth-order valence-corrected chi connectivity index (χ4v) is 14.8. The van der Waals surface area contributed by atoms with Crippen LogP contribution in [0.4, 0.5) is 26.3 Å². The molecular formula is C102H147F6N15O15. The average molecular weight is 1940 g/mol. The molecule has 0 aliphatic carbocycles. The number of nitrogens with one attached hydrogen (secondary N) is 6. The number of nitrogens with zero attached hydrogens (tertiary/aromatic N) is 9. The Morgan fingerprint density at radius 1 is 0.297 bits per heavy atom. The van der Waals surface area contributed by atoms with Crippen molar-refractivity contribution in [2.24, 2.45) is 17.8 Å². The van der Waals surface area contributed by atoms with Crippen LogP contribution in [0.15, 0.2) is 109 Å². The molecule has 0 fully saturated rings. The summed E-state index contributed by atoms with van der Waals surface area (Å²) in [6.45, 7) is 29.8. The predicted molar refractivity (Wildman–Crippen MR) is 519 cm³/mol. The average Bonchev–Trinajstić information content (AvgIpc) is 0.813. The van der Waals surface area contributed by atoms with Crippen molar-refractivity contribution in [3.63, 3.8) is 0 Å². The Hall–Kier alpha value is -11.7. The van der Waals surface area contributed by atoms with Crippen LogP contribution in [0, 0.1) is 52.7 Å². The molecule has 0 saturated carbocycles. The van der Waals surface area contributed by atoms with E-state index in [4.69, 9.17) is 0 Å². The topological polar surface area (TPSA) is 367 Å². The van der Waals surface area contributed by atoms with Crippen LogP contribution in [-0.2, 0) is 33.6 Å². The largest absolute Gasteiger partial charge is 0.390 e. The van der Waals surface area contributed by atoms with Gasteiger partial charge in [0.2, 0.25) is 17.7 Å². The number of aliphatic hydroxyl groups is 3. The van der Waals surface area contributed by atoms with Crippen molar-refractivity contribution in [1.29, 1.82) is 0 Å². The van der Waals surface area contributed by atoms with Crippen molar-refractivity contribution in [2.45, 2.75) is 217 Å². The first-order valence-corrected chi connectivity index (χ1v) is 47.5. The Labute approximate surface area is 809 Å². The standard InChI is InChI=1S/C35H51F2N5O5.C34H49F2N5O5.C33H47F2N5O5/c1-8-11-14-42(39-32(44)23(4)5)22-31(43)30(17-24-15-28(36)21-29(37)16-24)38-33(45)25-18-26(34(46)40(6)7)20-27(19-25)35(47)41(12-9-2)13-10-3;1-8-11-40(12-9-2)34(46)26-18-24(17-25(19-26)33(45)39(6)7)32(44)37-29(16-23-14-27(35)20-28(36)15-23)30(42)21-41(13-10-3)38-31(43)22(4)5;1-8-10-40(11-9-2)33(45)25-17-23(16-24(18-25)32(44)38(5)6)31(43)36-28(15-22-13-26(34)19-27(35)14-22)29(41)20-39(7)37-30(42)12-21(3)4/h15-16,18-21,23,30-31,43H,8-14,17,22H2,1-7H3,(H,38,45)(H,39,44);14-15,17-20,22,29-30,42H,8-13,16,21H2,1-7H3,(H,37,44)(H,38,43);13-14,16-19,21,28-29,41H,8-12,15,20H2,1-7H3,(H,36,43)(H,37,42). The van der Waals surface area contributed by atoms with E-state index < -0.39 is 107 Å². The highest BCUT2D eigenvalue weighted by molar-refractivity contribution is 6.07. The van der Waals surface area contributed by atoms with Gasteiger partial charge in [-0.3, -0.25) is 73.8 Å². The summed E-state index contributed by atoms with van der Waals surface area (Å²) in [5.41, 5.74) is 9.69. The number of aliphatic hydroxyl groups excluding tert-OH is 3. The number of carbonyl (C=O) groups excluding carboxylic acids is 12. The normalized spacial score (nSPS) is 12.5. The molecule has 0 heterocycles. The fourth-order valence-electron chi connectivity index (χ4n) is 14.8. The molecule has 0 radical (unpaired) electrons. The summed E-state index contributed by atoms with van der Waals surface area (Å²) in [4.78, 5) is 167. The Morgan fingerprint density at radius 2 is 0.536 bits per heavy atom. The highest BCUT2D eigenvalue weighted by Gasteiger charge is 2.34. The van der Waals surface area contributed by atoms with Gasteiger partial charge in [-0.05, 0) is 184 Å². The predicted octanol–water partition coefficient (Wildman–Crippen LogP) is 12.1. The van der Waals surface area contributed by atoms with Gasteiger partial charge >= 0.3 is 0 Å². The molecule has 6 unspecified atom stereocenters. The lowest BCUT2D eigenvalue weighted by Gasteiger charge is -2.31. The van der Waals surface area contributed by atoms with Crippen LogP contribution in [0.2, 0.25) is 0 Å². The summed E-state index contributed by atoms with van der Waals surface area (Å²) < 4.78 is 84.5. The minimum atomic E-state index is -1.30. The van der Waals surface area contributed by atoms with Gasteiger partial charge in [-0.15, -0.1) is 0 Å². The smallest absolute Gasteiger partial charge is 0.253 e. The molecule has 36 heteroatoms. The van der Waals surface area contributed by atoms with E-state index >= 15 is 0 Å². The lowest BCUT2D eigenvalue weighted by atomic mass is 9.98. The maximum atomic E-state index is 14.1. The summed E-state index contributed by atoms with van der Waals surface area (Å²) in [5, 5.41) is 46.8. The number of benzene rings is 6. The van der Waals surface area contributed by atoms with Gasteiger partial charge in [-0.25, -0.2) is 41.4 Å². The number of unbranched alkanes of at least 4 members (excludes halogenated alkanes) is 1. The van der Waals surface area contributed by atoms with Crippen LogP contribution >= 0.6 is 0 Å². The Morgan fingerprint density at radius 3 is 0.768 bits per heavy atom. The van der Waals surface area contributed by atoms with Crippen molar-refractivity contribution >= 4 is 70.9 Å². The third kappa shape index (κ3) is 40.0. The van der Waals surface area contributed by atoms with Crippen LogP contribution < -0.4 is 32.2 Å². The highest BCUT2D eigenvalue weighted by atomic mass is 19.2. The first-order valence-electron chi connectivity index (χ1n) is 47.5. The van der Waals surface area contributed by atoms with Crippen LogP contribution in [0.3, 0.4) is 0 Å². The third-order valence-corrected chi connectivity index (χ3v) is 21.6. The highest BCUT2D eigenvalue weighted by Crippen LogP contribution is 2.25. The van der Waals surface area contributed by atoms with Gasteiger partial charge in [-0.2, -0.15) is 0 Å². The molecule has 762 valence electrons. The Balaban J connectivity index is 0.000000432. The van der Waals surface area contributed by atoms with Crippen molar-refractivity contribution < 1.29 is 99.2 Å². The zero-order chi connectivity index (χ0) is 104. The molecule has 0 saturated heterocycles. The van der Waals surface area contributed by atoms with Gasteiger partial charge in [0.25, 0.3) is 53.2 Å². The molecule has 6 rings (SSSR count). The lowest BCUT2D eigenvalue weighted by molar-refractivity contribution is -0.130. The monoisotopic (exact) mass is 1940 g/mol. The number of hydrogen-bond donors (Lipinski definition) is 9. The van der Waals surface area contributed by atoms with Gasteiger partial charge in [0.1, 0.15) is 34.9 Å². The number of hydrazine groups is 3. The van der Waals surface area contributed by atoms with E-state index in [1.807, 2.05) is 69.2 Å². The van der Waals surface area contributed by atoms with Crippen molar-refractivity contribution in [2.75, 3.05) is 121 Å². The molecule has 6 atom stereocenters. The minimum absolute atomic E-state index is 0.000195. The maximum Gasteiger partial charge on any atom is 0.253 e. The second kappa shape index (κ2) is 59.6. The van der Waals surface area contributed by atoms with E-state index in [1.54, 1.807) is 102 Å². The molecule has 9 N–H and O–H groups in total. The number of amides is 12. The van der Waals surface area contributed by atoms with Crippen molar-refractivity contribution in [1.82, 2.24) is 76.7 Å². The molecule has 30 nitrogen and oxygen atoms in total. The number of halogens is 6. The van der Waals surface area contributed by atoms with Gasteiger partial charge in [-0.1, -0.05) is 103 Å². The van der Waals surface area contributed by atoms with Gasteiger partial charge in [0, 0.05) is 208 Å². The molecule has 0 aliphatic heterocycles. The summed E-state index contributed by atoms with van der Waals surface area (Å²) >= 11 is 0. The molecule has 0 bridgehead atoms. The minimum Gasteiger partial charge on any atom is -0.390 e. The summed E-state index contributed by atoms with van der Waals surface area (Å²) in [6.07, 6.45) is 2.44. The summed E-state index contributed by atoms with van der Waals surface area (Å²) in [7, 11) is 10.9. The van der Waals surface area contributed by atoms with E-state index in [0.29, 0.717) is 65.2 Å². The Kier molecular flexibility index (Phi) is 51.2. The summed E-state index contributed by atoms with van der Waals surface area (Å²) in [5.74, 6) is -10.5. The molecule has 0 aliphatic rings. The van der Waals surface area contributed by atoms with Crippen molar-refractivity contribution in [3.05, 3.63) is 211 Å².